The summed E-state index contributed by atoms with van der Waals surface area (Å²) in [5.74, 6) is 0.912. The molecule has 1 atom stereocenters. The highest BCUT2D eigenvalue weighted by molar-refractivity contribution is 5.00. The summed E-state index contributed by atoms with van der Waals surface area (Å²) >= 11 is 0. The molecule has 1 unspecified atom stereocenters. The van der Waals surface area contributed by atoms with Crippen molar-refractivity contribution in [3.05, 3.63) is 24.4 Å². The van der Waals surface area contributed by atoms with E-state index in [1.54, 1.807) is 13.2 Å². The van der Waals surface area contributed by atoms with Crippen LogP contribution < -0.4 is 5.73 Å². The highest BCUT2D eigenvalue weighted by Crippen LogP contribution is 2.22. The van der Waals surface area contributed by atoms with Crippen molar-refractivity contribution in [3.63, 3.8) is 0 Å². The van der Waals surface area contributed by atoms with Gasteiger partial charge >= 0.3 is 0 Å². The third kappa shape index (κ3) is 2.64. The van der Waals surface area contributed by atoms with Crippen LogP contribution in [0.15, 0.2) is 17.2 Å². The number of methoxy groups -OCH3 is 1. The fraction of sp³-hybridized carbons (Fsp3) is 0.600. The maximum atomic E-state index is 5.80. The smallest absolute Gasteiger partial charge is 0.243 e. The summed E-state index contributed by atoms with van der Waals surface area (Å²) < 4.78 is 10.3. The lowest BCUT2D eigenvalue weighted by Crippen LogP contribution is -2.21. The molecule has 0 radical (unpaired) electrons. The Morgan fingerprint density at radius 2 is 2.33 bits per heavy atom. The molecule has 0 amide bonds. The Labute approximate surface area is 89.3 Å². The first-order valence-electron chi connectivity index (χ1n) is 4.77. The zero-order valence-corrected chi connectivity index (χ0v) is 9.36. The third-order valence-corrected chi connectivity index (χ3v) is 2.23. The Morgan fingerprint density at radius 1 is 1.67 bits per heavy atom. The van der Waals surface area contributed by atoms with E-state index in [0.29, 0.717) is 18.1 Å². The second-order valence-electron chi connectivity index (χ2n) is 3.80. The van der Waals surface area contributed by atoms with E-state index in [9.17, 15) is 0 Å². The van der Waals surface area contributed by atoms with Gasteiger partial charge in [0, 0.05) is 7.11 Å². The summed E-state index contributed by atoms with van der Waals surface area (Å²) in [5.41, 5.74) is 5.24. The van der Waals surface area contributed by atoms with Crippen molar-refractivity contribution < 1.29 is 9.26 Å². The first kappa shape index (κ1) is 11.9. The maximum Gasteiger partial charge on any atom is 0.243 e. The molecule has 84 valence electrons. The van der Waals surface area contributed by atoms with Gasteiger partial charge in [-0.25, -0.2) is 0 Å². The van der Waals surface area contributed by atoms with E-state index in [1.807, 2.05) is 13.8 Å². The van der Waals surface area contributed by atoms with Gasteiger partial charge in [0.2, 0.25) is 11.7 Å². The molecule has 1 rings (SSSR count). The summed E-state index contributed by atoms with van der Waals surface area (Å²) in [5, 5.41) is 3.84. The van der Waals surface area contributed by atoms with Crippen molar-refractivity contribution in [2.75, 3.05) is 7.11 Å². The molecule has 2 N–H and O–H groups in total. The lowest BCUT2D eigenvalue weighted by Gasteiger charge is -2.17. The number of hydrogen-bond acceptors (Lipinski definition) is 5. The molecule has 15 heavy (non-hydrogen) atoms. The molecular formula is C10H17N3O2. The van der Waals surface area contributed by atoms with Gasteiger partial charge in [0.25, 0.3) is 0 Å². The van der Waals surface area contributed by atoms with Crippen LogP contribution in [0, 0.1) is 0 Å². The number of aromatic nitrogens is 2. The van der Waals surface area contributed by atoms with Crippen LogP contribution in [0.3, 0.4) is 0 Å². The van der Waals surface area contributed by atoms with Gasteiger partial charge in [-0.3, -0.25) is 0 Å². The Balaban J connectivity index is 2.84. The molecule has 0 fully saturated rings. The van der Waals surface area contributed by atoms with Gasteiger partial charge in [-0.1, -0.05) is 11.2 Å². The minimum atomic E-state index is -0.560. The van der Waals surface area contributed by atoms with Crippen LogP contribution in [0.1, 0.15) is 38.0 Å². The maximum absolute atomic E-state index is 5.80. The van der Waals surface area contributed by atoms with Gasteiger partial charge in [0.15, 0.2) is 0 Å². The minimum absolute atomic E-state index is 0.295. The fourth-order valence-electron chi connectivity index (χ4n) is 1.00. The molecule has 0 aliphatic carbocycles. The number of hydrogen-bond donors (Lipinski definition) is 1. The SMILES string of the molecule is C=CCC(N)c1nc(C(C)(C)OC)no1. The molecule has 1 aromatic rings. The molecule has 5 nitrogen and oxygen atoms in total. The van der Waals surface area contributed by atoms with E-state index < -0.39 is 5.60 Å². The summed E-state index contributed by atoms with van der Waals surface area (Å²) in [6, 6.07) is -0.295. The minimum Gasteiger partial charge on any atom is -0.371 e. The van der Waals surface area contributed by atoms with E-state index in [-0.39, 0.29) is 6.04 Å². The van der Waals surface area contributed by atoms with E-state index in [4.69, 9.17) is 15.0 Å². The predicted octanol–water partition coefficient (Wildman–Crippen LogP) is 1.53. The number of nitrogens with zero attached hydrogens (tertiary/aromatic N) is 2. The van der Waals surface area contributed by atoms with E-state index in [0.717, 1.165) is 0 Å². The molecule has 0 aliphatic heterocycles. The van der Waals surface area contributed by atoms with Crippen LogP contribution >= 0.6 is 0 Å². The fourth-order valence-corrected chi connectivity index (χ4v) is 1.00. The van der Waals surface area contributed by atoms with Gasteiger partial charge in [0.05, 0.1) is 6.04 Å². The summed E-state index contributed by atoms with van der Waals surface area (Å²) in [6.45, 7) is 7.33. The lowest BCUT2D eigenvalue weighted by atomic mass is 10.1. The Kier molecular flexibility index (Phi) is 3.60. The summed E-state index contributed by atoms with van der Waals surface area (Å²) in [6.07, 6.45) is 2.32. The van der Waals surface area contributed by atoms with Crippen LogP contribution in [0.4, 0.5) is 0 Å². The Hall–Kier alpha value is -1.20. The second kappa shape index (κ2) is 4.55. The molecule has 5 heteroatoms. The zero-order valence-electron chi connectivity index (χ0n) is 9.36. The van der Waals surface area contributed by atoms with Crippen molar-refractivity contribution in [1.82, 2.24) is 10.1 Å². The van der Waals surface area contributed by atoms with Crippen LogP contribution in [0.2, 0.25) is 0 Å². The van der Waals surface area contributed by atoms with Crippen molar-refractivity contribution in [3.8, 4) is 0 Å². The quantitative estimate of drug-likeness (QED) is 0.747. The molecule has 0 spiro atoms. The van der Waals surface area contributed by atoms with Crippen molar-refractivity contribution in [2.24, 2.45) is 5.73 Å². The van der Waals surface area contributed by atoms with Crippen molar-refractivity contribution >= 4 is 0 Å². The van der Waals surface area contributed by atoms with E-state index in [2.05, 4.69) is 16.7 Å². The second-order valence-corrected chi connectivity index (χ2v) is 3.80. The number of rotatable bonds is 5. The molecule has 0 saturated carbocycles. The molecule has 0 aromatic carbocycles. The normalized spacial score (nSPS) is 13.9. The van der Waals surface area contributed by atoms with Gasteiger partial charge in [-0.2, -0.15) is 4.98 Å². The highest BCUT2D eigenvalue weighted by atomic mass is 16.5. The first-order valence-corrected chi connectivity index (χ1v) is 4.77. The van der Waals surface area contributed by atoms with E-state index in [1.165, 1.54) is 0 Å². The van der Waals surface area contributed by atoms with Gasteiger partial charge in [0.1, 0.15) is 5.60 Å². The van der Waals surface area contributed by atoms with Gasteiger partial charge in [-0.15, -0.1) is 6.58 Å². The third-order valence-electron chi connectivity index (χ3n) is 2.23. The summed E-state index contributed by atoms with van der Waals surface area (Å²) in [7, 11) is 1.60. The number of ether oxygens (including phenoxy) is 1. The van der Waals surface area contributed by atoms with Crippen LogP contribution in [-0.2, 0) is 10.3 Å². The highest BCUT2D eigenvalue weighted by Gasteiger charge is 2.27. The van der Waals surface area contributed by atoms with Crippen LogP contribution in [0.5, 0.6) is 0 Å². The predicted molar refractivity (Wildman–Crippen MR) is 56.1 cm³/mol. The average Bonchev–Trinajstić information content (AvgIpc) is 2.67. The Morgan fingerprint density at radius 3 is 2.87 bits per heavy atom. The van der Waals surface area contributed by atoms with Crippen molar-refractivity contribution in [2.45, 2.75) is 31.9 Å². The zero-order chi connectivity index (χ0) is 11.5. The molecule has 0 saturated heterocycles. The largest absolute Gasteiger partial charge is 0.371 e. The van der Waals surface area contributed by atoms with E-state index >= 15 is 0 Å². The first-order chi connectivity index (χ1) is 7.01. The Bertz CT molecular complexity index is 333. The average molecular weight is 211 g/mol. The molecule has 1 aromatic heterocycles. The topological polar surface area (TPSA) is 74.2 Å². The van der Waals surface area contributed by atoms with Crippen LogP contribution in [-0.4, -0.2) is 17.3 Å². The number of nitrogens with two attached hydrogens (primary N) is 1. The summed E-state index contributed by atoms with van der Waals surface area (Å²) in [4.78, 5) is 4.20. The molecular weight excluding hydrogens is 194 g/mol. The van der Waals surface area contributed by atoms with Gasteiger partial charge in [-0.05, 0) is 20.3 Å². The van der Waals surface area contributed by atoms with Gasteiger partial charge < -0.3 is 15.0 Å². The standard InChI is InChI=1S/C10H17N3O2/c1-5-6-7(11)8-12-9(13-15-8)10(2,3)14-4/h5,7H,1,6,11H2,2-4H3. The monoisotopic (exact) mass is 211 g/mol. The lowest BCUT2D eigenvalue weighted by molar-refractivity contribution is 0.00973. The molecule has 0 aliphatic rings. The van der Waals surface area contributed by atoms with Crippen molar-refractivity contribution in [1.29, 1.82) is 0 Å². The van der Waals surface area contributed by atoms with Crippen LogP contribution in [0.25, 0.3) is 0 Å². The molecule has 1 heterocycles. The molecule has 0 bridgehead atoms.